The van der Waals surface area contributed by atoms with Crippen LogP contribution >= 0.6 is 11.3 Å². The minimum atomic E-state index is 0.0920. The Bertz CT molecular complexity index is 431. The SMILES string of the molecule is OC/C=C/c1ccc(Cn2ccnc2)s1. The molecule has 3 nitrogen and oxygen atoms in total. The fraction of sp³-hybridized carbons (Fsp3) is 0.182. The topological polar surface area (TPSA) is 38.0 Å². The fourth-order valence-electron chi connectivity index (χ4n) is 1.30. The van der Waals surface area contributed by atoms with Crippen molar-refractivity contribution in [1.82, 2.24) is 9.55 Å². The number of aliphatic hydroxyl groups is 1. The van der Waals surface area contributed by atoms with E-state index in [1.165, 1.54) is 9.75 Å². The molecular weight excluding hydrogens is 208 g/mol. The van der Waals surface area contributed by atoms with Crippen molar-refractivity contribution in [2.24, 2.45) is 0 Å². The summed E-state index contributed by atoms with van der Waals surface area (Å²) >= 11 is 1.72. The highest BCUT2D eigenvalue weighted by Crippen LogP contribution is 2.18. The van der Waals surface area contributed by atoms with Crippen molar-refractivity contribution < 1.29 is 5.11 Å². The second-order valence-electron chi connectivity index (χ2n) is 3.12. The summed E-state index contributed by atoms with van der Waals surface area (Å²) < 4.78 is 2.03. The van der Waals surface area contributed by atoms with E-state index >= 15 is 0 Å². The number of nitrogens with zero attached hydrogens (tertiary/aromatic N) is 2. The first-order chi connectivity index (χ1) is 7.38. The molecule has 15 heavy (non-hydrogen) atoms. The molecule has 0 radical (unpaired) electrons. The summed E-state index contributed by atoms with van der Waals surface area (Å²) in [7, 11) is 0. The molecule has 0 saturated carbocycles. The van der Waals surface area contributed by atoms with Gasteiger partial charge in [0.05, 0.1) is 19.5 Å². The maximum Gasteiger partial charge on any atom is 0.0949 e. The Morgan fingerprint density at radius 1 is 1.47 bits per heavy atom. The van der Waals surface area contributed by atoms with E-state index in [1.807, 2.05) is 23.2 Å². The summed E-state index contributed by atoms with van der Waals surface area (Å²) in [4.78, 5) is 6.44. The quantitative estimate of drug-likeness (QED) is 0.855. The molecule has 2 aromatic rings. The van der Waals surface area contributed by atoms with Gasteiger partial charge < -0.3 is 9.67 Å². The Morgan fingerprint density at radius 3 is 3.13 bits per heavy atom. The lowest BCUT2D eigenvalue weighted by Crippen LogP contribution is -1.92. The molecule has 0 aliphatic rings. The van der Waals surface area contributed by atoms with Gasteiger partial charge in [0.25, 0.3) is 0 Å². The van der Waals surface area contributed by atoms with E-state index in [2.05, 4.69) is 17.1 Å². The summed E-state index contributed by atoms with van der Waals surface area (Å²) in [6, 6.07) is 4.16. The monoisotopic (exact) mass is 220 g/mol. The Kier molecular flexibility index (Phi) is 3.32. The van der Waals surface area contributed by atoms with E-state index < -0.39 is 0 Å². The van der Waals surface area contributed by atoms with E-state index in [4.69, 9.17) is 5.11 Å². The number of rotatable bonds is 4. The van der Waals surface area contributed by atoms with Crippen LogP contribution in [-0.2, 0) is 6.54 Å². The molecule has 0 aliphatic heterocycles. The molecule has 0 spiro atoms. The van der Waals surface area contributed by atoms with Gasteiger partial charge in [0, 0.05) is 22.1 Å². The van der Waals surface area contributed by atoms with Crippen LogP contribution in [-0.4, -0.2) is 21.3 Å². The zero-order chi connectivity index (χ0) is 10.5. The maximum atomic E-state index is 8.65. The molecule has 0 amide bonds. The zero-order valence-corrected chi connectivity index (χ0v) is 9.02. The molecule has 2 rings (SSSR count). The molecule has 2 aromatic heterocycles. The number of thiophene rings is 1. The lowest BCUT2D eigenvalue weighted by atomic mass is 10.4. The predicted octanol–water partition coefficient (Wildman–Crippen LogP) is 2.00. The van der Waals surface area contributed by atoms with Crippen molar-refractivity contribution in [3.05, 3.63) is 46.7 Å². The molecule has 4 heteroatoms. The van der Waals surface area contributed by atoms with Gasteiger partial charge in [-0.15, -0.1) is 11.3 Å². The standard InChI is InChI=1S/C11H12N2OS/c14-7-1-2-10-3-4-11(15-10)8-13-6-5-12-9-13/h1-6,9,14H,7-8H2/b2-1+. The van der Waals surface area contributed by atoms with Crippen LogP contribution in [0.4, 0.5) is 0 Å². The van der Waals surface area contributed by atoms with E-state index in [1.54, 1.807) is 23.6 Å². The number of aliphatic hydroxyl groups excluding tert-OH is 1. The minimum absolute atomic E-state index is 0.0920. The number of aromatic nitrogens is 2. The molecular formula is C11H12N2OS. The van der Waals surface area contributed by atoms with E-state index in [-0.39, 0.29) is 6.61 Å². The van der Waals surface area contributed by atoms with Gasteiger partial charge in [0.1, 0.15) is 0 Å². The van der Waals surface area contributed by atoms with Gasteiger partial charge in [0.2, 0.25) is 0 Å². The molecule has 0 aliphatic carbocycles. The third-order valence-electron chi connectivity index (χ3n) is 1.97. The second-order valence-corrected chi connectivity index (χ2v) is 4.32. The smallest absolute Gasteiger partial charge is 0.0949 e. The van der Waals surface area contributed by atoms with E-state index in [0.717, 1.165) is 6.54 Å². The molecule has 0 fully saturated rings. The van der Waals surface area contributed by atoms with Crippen LogP contribution in [0.15, 0.2) is 36.9 Å². The first kappa shape index (κ1) is 10.1. The van der Waals surface area contributed by atoms with Crippen LogP contribution < -0.4 is 0 Å². The van der Waals surface area contributed by atoms with Crippen molar-refractivity contribution in [2.45, 2.75) is 6.54 Å². The Labute approximate surface area is 92.3 Å². The largest absolute Gasteiger partial charge is 0.392 e. The van der Waals surface area contributed by atoms with E-state index in [9.17, 15) is 0 Å². The molecule has 78 valence electrons. The fourth-order valence-corrected chi connectivity index (χ4v) is 2.25. The second kappa shape index (κ2) is 4.91. The van der Waals surface area contributed by atoms with Crippen LogP contribution in [0.25, 0.3) is 6.08 Å². The Morgan fingerprint density at radius 2 is 2.40 bits per heavy atom. The summed E-state index contributed by atoms with van der Waals surface area (Å²) in [6.07, 6.45) is 9.21. The van der Waals surface area contributed by atoms with Gasteiger partial charge in [-0.1, -0.05) is 6.08 Å². The Balaban J connectivity index is 2.04. The Hall–Kier alpha value is -1.39. The lowest BCUT2D eigenvalue weighted by molar-refractivity contribution is 0.343. The average Bonchev–Trinajstić information content (AvgIpc) is 2.87. The number of hydrogen-bond donors (Lipinski definition) is 1. The third-order valence-corrected chi connectivity index (χ3v) is 3.00. The molecule has 0 bridgehead atoms. The van der Waals surface area contributed by atoms with Crippen LogP contribution in [0.1, 0.15) is 9.75 Å². The molecule has 0 saturated heterocycles. The molecule has 0 unspecified atom stereocenters. The number of hydrogen-bond acceptors (Lipinski definition) is 3. The third kappa shape index (κ3) is 2.78. The normalized spacial score (nSPS) is 11.3. The zero-order valence-electron chi connectivity index (χ0n) is 8.21. The summed E-state index contributed by atoms with van der Waals surface area (Å²) in [5.41, 5.74) is 0. The predicted molar refractivity (Wildman–Crippen MR) is 61.8 cm³/mol. The van der Waals surface area contributed by atoms with Crippen LogP contribution in [0.3, 0.4) is 0 Å². The van der Waals surface area contributed by atoms with Gasteiger partial charge in [-0.05, 0) is 18.2 Å². The molecule has 1 N–H and O–H groups in total. The van der Waals surface area contributed by atoms with Gasteiger partial charge in [0.15, 0.2) is 0 Å². The van der Waals surface area contributed by atoms with Crippen molar-refractivity contribution in [3.8, 4) is 0 Å². The summed E-state index contributed by atoms with van der Waals surface area (Å²) in [5, 5.41) is 8.65. The van der Waals surface area contributed by atoms with Gasteiger partial charge in [-0.3, -0.25) is 0 Å². The highest BCUT2D eigenvalue weighted by molar-refractivity contribution is 7.12. The van der Waals surface area contributed by atoms with Crippen molar-refractivity contribution in [1.29, 1.82) is 0 Å². The molecule has 2 heterocycles. The highest BCUT2D eigenvalue weighted by Gasteiger charge is 1.98. The van der Waals surface area contributed by atoms with Crippen molar-refractivity contribution in [2.75, 3.05) is 6.61 Å². The number of imidazole rings is 1. The molecule has 0 aromatic carbocycles. The maximum absolute atomic E-state index is 8.65. The molecule has 0 atom stereocenters. The van der Waals surface area contributed by atoms with Gasteiger partial charge >= 0.3 is 0 Å². The lowest BCUT2D eigenvalue weighted by Gasteiger charge is -1.96. The first-order valence-corrected chi connectivity index (χ1v) is 5.52. The summed E-state index contributed by atoms with van der Waals surface area (Å²) in [5.74, 6) is 0. The van der Waals surface area contributed by atoms with Crippen molar-refractivity contribution >= 4 is 17.4 Å². The van der Waals surface area contributed by atoms with Crippen LogP contribution in [0, 0.1) is 0 Å². The van der Waals surface area contributed by atoms with Gasteiger partial charge in [-0.25, -0.2) is 4.98 Å². The minimum Gasteiger partial charge on any atom is -0.392 e. The van der Waals surface area contributed by atoms with Gasteiger partial charge in [-0.2, -0.15) is 0 Å². The van der Waals surface area contributed by atoms with Crippen molar-refractivity contribution in [3.63, 3.8) is 0 Å². The van der Waals surface area contributed by atoms with E-state index in [0.29, 0.717) is 0 Å². The highest BCUT2D eigenvalue weighted by atomic mass is 32.1. The first-order valence-electron chi connectivity index (χ1n) is 4.70. The average molecular weight is 220 g/mol. The van der Waals surface area contributed by atoms with Crippen LogP contribution in [0.5, 0.6) is 0 Å². The van der Waals surface area contributed by atoms with Crippen LogP contribution in [0.2, 0.25) is 0 Å². The summed E-state index contributed by atoms with van der Waals surface area (Å²) in [6.45, 7) is 0.951.